The van der Waals surface area contributed by atoms with Gasteiger partial charge in [-0.2, -0.15) is 9.97 Å². The molecular formula is C35H31ClN8O2S. The van der Waals surface area contributed by atoms with Crippen LogP contribution in [0.1, 0.15) is 17.5 Å². The summed E-state index contributed by atoms with van der Waals surface area (Å²) in [6.45, 7) is 3.93. The summed E-state index contributed by atoms with van der Waals surface area (Å²) in [5.74, 6) is 0.324. The van der Waals surface area contributed by atoms with Crippen LogP contribution in [0.15, 0.2) is 112 Å². The molecule has 6 aromatic rings. The highest BCUT2D eigenvalue weighted by molar-refractivity contribution is 7.91. The molecule has 1 aliphatic heterocycles. The molecule has 1 aliphatic rings. The summed E-state index contributed by atoms with van der Waals surface area (Å²) >= 11 is 5.05. The minimum absolute atomic E-state index is 0.0221. The Hall–Kier alpha value is -4.81. The lowest BCUT2D eigenvalue weighted by Gasteiger charge is -2.16. The van der Waals surface area contributed by atoms with Gasteiger partial charge in [0.25, 0.3) is 10.6 Å². The topological polar surface area (TPSA) is 133 Å². The lowest BCUT2D eigenvalue weighted by molar-refractivity contribution is 0.587. The summed E-state index contributed by atoms with van der Waals surface area (Å²) in [6.07, 6.45) is 5.71. The zero-order valence-corrected chi connectivity index (χ0v) is 27.1. The Bertz CT molecular complexity index is 2100. The standard InChI is InChI=1S/C35H31ClN8O2S/c1-22-7-12-29(31(36)15-22)30-16-23-18-39-35(42-26-10-8-25(9-11-26)41-27-13-14-37-19-27)43-32(23)44(34(30)45)20-24-17-38-21-40-33(24)47(46)28-5-3-2-4-6-28/h2-12,15-18,21,27,37,41H,13-14,19-20H2,1H3,(H,39,42,43). The molecule has 0 aliphatic carbocycles. The molecule has 3 aromatic carbocycles. The monoisotopic (exact) mass is 662 g/mol. The summed E-state index contributed by atoms with van der Waals surface area (Å²) in [6, 6.07) is 24.8. The molecule has 1 saturated heterocycles. The first-order valence-electron chi connectivity index (χ1n) is 15.2. The lowest BCUT2D eigenvalue weighted by Crippen LogP contribution is -2.25. The summed E-state index contributed by atoms with van der Waals surface area (Å²) < 4.78 is 15.2. The first-order valence-corrected chi connectivity index (χ1v) is 16.7. The van der Waals surface area contributed by atoms with Crippen LogP contribution in [0.3, 0.4) is 0 Å². The average molecular weight is 663 g/mol. The molecular weight excluding hydrogens is 632 g/mol. The molecule has 0 radical (unpaired) electrons. The van der Waals surface area contributed by atoms with E-state index in [1.54, 1.807) is 35.2 Å². The molecule has 7 rings (SSSR count). The van der Waals surface area contributed by atoms with Crippen molar-refractivity contribution in [2.45, 2.75) is 35.9 Å². The van der Waals surface area contributed by atoms with E-state index in [-0.39, 0.29) is 12.1 Å². The Morgan fingerprint density at radius 2 is 1.81 bits per heavy atom. The van der Waals surface area contributed by atoms with Gasteiger partial charge >= 0.3 is 0 Å². The number of aromatic nitrogens is 5. The molecule has 0 spiro atoms. The molecule has 3 N–H and O–H groups in total. The number of aryl methyl sites for hydroxylation is 1. The van der Waals surface area contributed by atoms with E-state index in [1.165, 1.54) is 6.33 Å². The van der Waals surface area contributed by atoms with E-state index in [0.717, 1.165) is 36.4 Å². The number of hydrogen-bond acceptors (Lipinski definition) is 9. The zero-order valence-electron chi connectivity index (χ0n) is 25.5. The highest BCUT2D eigenvalue weighted by Crippen LogP contribution is 2.30. The van der Waals surface area contributed by atoms with Gasteiger partial charge in [-0.25, -0.2) is 9.97 Å². The number of nitrogens with zero attached hydrogens (tertiary/aromatic N) is 5. The molecule has 0 amide bonds. The summed E-state index contributed by atoms with van der Waals surface area (Å²) in [7, 11) is 0. The minimum Gasteiger partial charge on any atom is -0.605 e. The summed E-state index contributed by atoms with van der Waals surface area (Å²) in [5.41, 5.74) is 4.42. The molecule has 2 atom stereocenters. The van der Waals surface area contributed by atoms with Gasteiger partial charge < -0.3 is 20.5 Å². The molecule has 12 heteroatoms. The Labute approximate surface area is 279 Å². The summed E-state index contributed by atoms with van der Waals surface area (Å²) in [4.78, 5) is 32.9. The molecule has 236 valence electrons. The number of halogens is 1. The predicted molar refractivity (Wildman–Crippen MR) is 186 cm³/mol. The highest BCUT2D eigenvalue weighted by Gasteiger charge is 2.24. The van der Waals surface area contributed by atoms with Gasteiger partial charge in [0.1, 0.15) is 12.0 Å². The van der Waals surface area contributed by atoms with Crippen molar-refractivity contribution in [3.63, 3.8) is 0 Å². The van der Waals surface area contributed by atoms with E-state index in [0.29, 0.717) is 54.7 Å². The fraction of sp³-hybridized carbons (Fsp3) is 0.171. The second kappa shape index (κ2) is 13.5. The minimum atomic E-state index is -1.60. The van der Waals surface area contributed by atoms with Crippen molar-refractivity contribution < 1.29 is 4.55 Å². The third-order valence-electron chi connectivity index (χ3n) is 8.02. The third kappa shape index (κ3) is 6.70. The first-order chi connectivity index (χ1) is 22.9. The van der Waals surface area contributed by atoms with Crippen molar-refractivity contribution in [2.24, 2.45) is 0 Å². The Kier molecular flexibility index (Phi) is 8.86. The van der Waals surface area contributed by atoms with Crippen LogP contribution in [-0.2, 0) is 17.7 Å². The predicted octanol–water partition coefficient (Wildman–Crippen LogP) is 5.94. The number of anilines is 3. The van der Waals surface area contributed by atoms with Crippen LogP contribution in [0.25, 0.3) is 22.2 Å². The number of benzene rings is 3. The summed E-state index contributed by atoms with van der Waals surface area (Å²) in [5, 5.41) is 11.6. The molecule has 1 fully saturated rings. The van der Waals surface area contributed by atoms with Crippen molar-refractivity contribution in [3.8, 4) is 11.1 Å². The van der Waals surface area contributed by atoms with E-state index in [9.17, 15) is 9.35 Å². The van der Waals surface area contributed by atoms with Crippen LogP contribution < -0.4 is 21.5 Å². The van der Waals surface area contributed by atoms with Gasteiger partial charge in [0.15, 0.2) is 4.90 Å². The fourth-order valence-electron chi connectivity index (χ4n) is 5.64. The van der Waals surface area contributed by atoms with Gasteiger partial charge in [-0.1, -0.05) is 41.9 Å². The highest BCUT2D eigenvalue weighted by atomic mass is 35.5. The maximum atomic E-state index is 14.3. The quantitative estimate of drug-likeness (QED) is 0.127. The second-order valence-corrected chi connectivity index (χ2v) is 13.2. The smallest absolute Gasteiger partial charge is 0.260 e. The van der Waals surface area contributed by atoms with Crippen LogP contribution in [0, 0.1) is 6.92 Å². The van der Waals surface area contributed by atoms with Gasteiger partial charge in [-0.05, 0) is 74.0 Å². The molecule has 2 unspecified atom stereocenters. The van der Waals surface area contributed by atoms with Gasteiger partial charge in [0.05, 0.1) is 12.1 Å². The van der Waals surface area contributed by atoms with Gasteiger partial charge in [0.2, 0.25) is 5.95 Å². The van der Waals surface area contributed by atoms with Crippen molar-refractivity contribution in [3.05, 3.63) is 124 Å². The SMILES string of the molecule is Cc1ccc(-c2cc3cnc(Nc4ccc(NC5CCNC5)cc4)nc3n(Cc3cncnc3[S+]([O-])c3ccccc3)c2=O)c(Cl)c1. The van der Waals surface area contributed by atoms with E-state index >= 15 is 0 Å². The van der Waals surface area contributed by atoms with Crippen LogP contribution in [0.2, 0.25) is 5.02 Å². The van der Waals surface area contributed by atoms with E-state index in [2.05, 4.69) is 30.9 Å². The molecule has 0 bridgehead atoms. The first kappa shape index (κ1) is 30.8. The van der Waals surface area contributed by atoms with E-state index in [4.69, 9.17) is 16.6 Å². The molecule has 3 aromatic heterocycles. The van der Waals surface area contributed by atoms with Crippen LogP contribution in [-0.4, -0.2) is 48.2 Å². The maximum Gasteiger partial charge on any atom is 0.260 e. The maximum absolute atomic E-state index is 14.3. The van der Waals surface area contributed by atoms with Crippen molar-refractivity contribution >= 4 is 51.1 Å². The Balaban J connectivity index is 1.29. The van der Waals surface area contributed by atoms with Gasteiger partial charge in [-0.15, -0.1) is 0 Å². The second-order valence-electron chi connectivity index (χ2n) is 11.4. The fourth-order valence-corrected chi connectivity index (χ4v) is 7.10. The number of pyridine rings is 1. The number of nitrogens with one attached hydrogen (secondary N) is 3. The van der Waals surface area contributed by atoms with Crippen LogP contribution in [0.4, 0.5) is 17.3 Å². The van der Waals surface area contributed by atoms with Crippen molar-refractivity contribution in [2.75, 3.05) is 23.7 Å². The normalized spacial score (nSPS) is 15.1. The molecule has 4 heterocycles. The van der Waals surface area contributed by atoms with Crippen molar-refractivity contribution in [1.29, 1.82) is 0 Å². The Morgan fingerprint density at radius 3 is 2.57 bits per heavy atom. The van der Waals surface area contributed by atoms with Crippen LogP contribution >= 0.6 is 11.6 Å². The largest absolute Gasteiger partial charge is 0.605 e. The van der Waals surface area contributed by atoms with E-state index in [1.807, 2.05) is 67.6 Å². The average Bonchev–Trinajstić information content (AvgIpc) is 3.61. The number of hydrogen-bond donors (Lipinski definition) is 3. The van der Waals surface area contributed by atoms with Crippen molar-refractivity contribution in [1.82, 2.24) is 29.8 Å². The molecule has 0 saturated carbocycles. The number of rotatable bonds is 9. The van der Waals surface area contributed by atoms with Crippen LogP contribution in [0.5, 0.6) is 0 Å². The molecule has 47 heavy (non-hydrogen) atoms. The molecule has 10 nitrogen and oxygen atoms in total. The zero-order chi connectivity index (χ0) is 32.3. The lowest BCUT2D eigenvalue weighted by atomic mass is 10.0. The Morgan fingerprint density at radius 1 is 1.00 bits per heavy atom. The van der Waals surface area contributed by atoms with E-state index < -0.39 is 11.2 Å². The van der Waals surface area contributed by atoms with Gasteiger partial charge in [-0.3, -0.25) is 9.36 Å². The van der Waals surface area contributed by atoms with Gasteiger partial charge in [0, 0.05) is 69.1 Å². The third-order valence-corrected chi connectivity index (χ3v) is 9.75. The number of fused-ring (bicyclic) bond motifs is 1.